The van der Waals surface area contributed by atoms with Crippen molar-refractivity contribution in [2.75, 3.05) is 7.11 Å². The van der Waals surface area contributed by atoms with Crippen LogP contribution in [-0.4, -0.2) is 40.3 Å². The van der Waals surface area contributed by atoms with Gasteiger partial charge in [-0.1, -0.05) is 23.4 Å². The summed E-state index contributed by atoms with van der Waals surface area (Å²) in [7, 11) is 1.58. The summed E-state index contributed by atoms with van der Waals surface area (Å²) in [5.74, 6) is 0.874. The van der Waals surface area contributed by atoms with Crippen LogP contribution in [0.1, 0.15) is 19.4 Å². The van der Waals surface area contributed by atoms with Gasteiger partial charge in [0.1, 0.15) is 12.1 Å². The molecule has 140 valence electrons. The van der Waals surface area contributed by atoms with E-state index in [1.165, 1.54) is 10.9 Å². The summed E-state index contributed by atoms with van der Waals surface area (Å²) >= 11 is 0. The van der Waals surface area contributed by atoms with Gasteiger partial charge in [-0.05, 0) is 38.1 Å². The lowest BCUT2D eigenvalue weighted by Gasteiger charge is -2.15. The number of hydrazone groups is 1. The average molecular weight is 367 g/mol. The molecule has 27 heavy (non-hydrogen) atoms. The molecule has 1 aromatic heterocycles. The minimum absolute atomic E-state index is 0.0192. The Hall–Kier alpha value is -3.42. The topological polar surface area (TPSA) is 90.6 Å². The molecular formula is C19H21N5O3. The van der Waals surface area contributed by atoms with Crippen molar-refractivity contribution < 1.29 is 14.3 Å². The van der Waals surface area contributed by atoms with Crippen LogP contribution >= 0.6 is 0 Å². The maximum absolute atomic E-state index is 12.2. The number of nitrogens with one attached hydrogen (secondary N) is 1. The number of methoxy groups -OCH3 is 1. The maximum atomic E-state index is 12.2. The summed E-state index contributed by atoms with van der Waals surface area (Å²) in [6, 6.07) is 12.9. The second-order valence-corrected chi connectivity index (χ2v) is 6.07. The highest BCUT2D eigenvalue weighted by Crippen LogP contribution is 2.30. The highest BCUT2D eigenvalue weighted by atomic mass is 16.5. The Bertz CT molecular complexity index is 965. The standard InChI is InChI=1S/C19H21N5O3/c1-13(2)27-19-14(7-6-10-17(19)26-3)11-20-22-18(25)12-24-16-9-5-4-8-15(16)21-23-24/h4-11,13H,12H2,1-3H3,(H,22,25)/b20-11-. The minimum atomic E-state index is -0.309. The minimum Gasteiger partial charge on any atom is -0.493 e. The first kappa shape index (κ1) is 18.4. The molecule has 0 atom stereocenters. The van der Waals surface area contributed by atoms with Crippen molar-refractivity contribution in [1.82, 2.24) is 20.4 Å². The molecule has 0 aliphatic carbocycles. The van der Waals surface area contributed by atoms with E-state index < -0.39 is 0 Å². The van der Waals surface area contributed by atoms with Crippen LogP contribution in [-0.2, 0) is 11.3 Å². The van der Waals surface area contributed by atoms with E-state index in [0.29, 0.717) is 17.1 Å². The first-order valence-electron chi connectivity index (χ1n) is 8.52. The molecule has 0 aliphatic rings. The molecule has 0 spiro atoms. The van der Waals surface area contributed by atoms with Gasteiger partial charge in [0.2, 0.25) is 0 Å². The zero-order valence-electron chi connectivity index (χ0n) is 15.4. The molecular weight excluding hydrogens is 346 g/mol. The van der Waals surface area contributed by atoms with E-state index in [0.717, 1.165) is 11.0 Å². The van der Waals surface area contributed by atoms with Crippen LogP contribution in [0, 0.1) is 0 Å². The molecule has 1 heterocycles. The number of benzene rings is 2. The maximum Gasteiger partial charge on any atom is 0.261 e. The first-order valence-corrected chi connectivity index (χ1v) is 8.52. The smallest absolute Gasteiger partial charge is 0.261 e. The van der Waals surface area contributed by atoms with E-state index in [1.54, 1.807) is 7.11 Å². The molecule has 2 aromatic carbocycles. The summed E-state index contributed by atoms with van der Waals surface area (Å²) in [5, 5.41) is 12.0. The molecule has 0 unspecified atom stereocenters. The fraction of sp³-hybridized carbons (Fsp3) is 0.263. The van der Waals surface area contributed by atoms with E-state index >= 15 is 0 Å². The third-order valence-electron chi connectivity index (χ3n) is 3.69. The number of carbonyl (C=O) groups is 1. The van der Waals surface area contributed by atoms with Crippen LogP contribution in [0.3, 0.4) is 0 Å². The summed E-state index contributed by atoms with van der Waals surface area (Å²) in [5.41, 5.74) is 4.73. The Morgan fingerprint density at radius 2 is 2.07 bits per heavy atom. The van der Waals surface area contributed by atoms with E-state index in [9.17, 15) is 4.79 Å². The molecule has 0 radical (unpaired) electrons. The summed E-state index contributed by atoms with van der Waals surface area (Å²) in [6.45, 7) is 3.88. The van der Waals surface area contributed by atoms with Crippen LogP contribution in [0.25, 0.3) is 11.0 Å². The average Bonchev–Trinajstić information content (AvgIpc) is 3.05. The molecule has 0 saturated carbocycles. The van der Waals surface area contributed by atoms with Crippen LogP contribution in [0.2, 0.25) is 0 Å². The van der Waals surface area contributed by atoms with Gasteiger partial charge in [-0.15, -0.1) is 5.10 Å². The summed E-state index contributed by atoms with van der Waals surface area (Å²) in [6.07, 6.45) is 1.50. The van der Waals surface area contributed by atoms with Crippen LogP contribution in [0.4, 0.5) is 0 Å². The van der Waals surface area contributed by atoms with Gasteiger partial charge < -0.3 is 9.47 Å². The Morgan fingerprint density at radius 1 is 1.26 bits per heavy atom. The third kappa shape index (κ3) is 4.41. The number of fused-ring (bicyclic) bond motifs is 1. The molecule has 8 heteroatoms. The molecule has 0 bridgehead atoms. The number of hydrogen-bond acceptors (Lipinski definition) is 6. The van der Waals surface area contributed by atoms with E-state index in [4.69, 9.17) is 9.47 Å². The molecule has 0 saturated heterocycles. The Morgan fingerprint density at radius 3 is 2.85 bits per heavy atom. The second-order valence-electron chi connectivity index (χ2n) is 6.07. The van der Waals surface area contributed by atoms with Crippen molar-refractivity contribution in [2.24, 2.45) is 5.10 Å². The predicted molar refractivity (Wildman–Crippen MR) is 102 cm³/mol. The number of hydrogen-bond donors (Lipinski definition) is 1. The zero-order chi connectivity index (χ0) is 19.2. The van der Waals surface area contributed by atoms with Gasteiger partial charge in [0, 0.05) is 5.56 Å². The third-order valence-corrected chi connectivity index (χ3v) is 3.69. The van der Waals surface area contributed by atoms with Gasteiger partial charge in [0.25, 0.3) is 5.91 Å². The van der Waals surface area contributed by atoms with Crippen molar-refractivity contribution in [1.29, 1.82) is 0 Å². The highest BCUT2D eigenvalue weighted by molar-refractivity contribution is 5.86. The number of para-hydroxylation sites is 2. The summed E-state index contributed by atoms with van der Waals surface area (Å²) in [4.78, 5) is 12.2. The molecule has 3 rings (SSSR count). The lowest BCUT2D eigenvalue weighted by molar-refractivity contribution is -0.121. The largest absolute Gasteiger partial charge is 0.493 e. The Labute approximate surface area is 156 Å². The van der Waals surface area contributed by atoms with Crippen LogP contribution in [0.5, 0.6) is 11.5 Å². The lowest BCUT2D eigenvalue weighted by atomic mass is 10.2. The highest BCUT2D eigenvalue weighted by Gasteiger charge is 2.11. The number of aromatic nitrogens is 3. The number of nitrogens with zero attached hydrogens (tertiary/aromatic N) is 4. The quantitative estimate of drug-likeness (QED) is 0.511. The number of amides is 1. The first-order chi connectivity index (χ1) is 13.1. The van der Waals surface area contributed by atoms with E-state index in [-0.39, 0.29) is 18.6 Å². The predicted octanol–water partition coefficient (Wildman–Crippen LogP) is 2.38. The van der Waals surface area contributed by atoms with E-state index in [1.807, 2.05) is 56.3 Å². The Kier molecular flexibility index (Phi) is 5.65. The van der Waals surface area contributed by atoms with Gasteiger partial charge in [-0.25, -0.2) is 10.1 Å². The molecule has 1 amide bonds. The number of carbonyl (C=O) groups excluding carboxylic acids is 1. The Balaban J connectivity index is 1.69. The van der Waals surface area contributed by atoms with Gasteiger partial charge >= 0.3 is 0 Å². The second kappa shape index (κ2) is 8.31. The van der Waals surface area contributed by atoms with Crippen LogP contribution < -0.4 is 14.9 Å². The van der Waals surface area contributed by atoms with Crippen molar-refractivity contribution in [2.45, 2.75) is 26.5 Å². The SMILES string of the molecule is COc1cccc(/C=N\NC(=O)Cn2nnc3ccccc32)c1OC(C)C. The monoisotopic (exact) mass is 367 g/mol. The van der Waals surface area contributed by atoms with Crippen molar-refractivity contribution >= 4 is 23.2 Å². The molecule has 0 fully saturated rings. The number of ether oxygens (including phenoxy) is 2. The van der Waals surface area contributed by atoms with Gasteiger partial charge in [-0.3, -0.25) is 4.79 Å². The van der Waals surface area contributed by atoms with Crippen molar-refractivity contribution in [3.8, 4) is 11.5 Å². The van der Waals surface area contributed by atoms with Gasteiger partial charge in [0.05, 0.1) is 24.9 Å². The van der Waals surface area contributed by atoms with Crippen LogP contribution in [0.15, 0.2) is 47.6 Å². The molecule has 3 aromatic rings. The normalized spacial score (nSPS) is 11.3. The summed E-state index contributed by atoms with van der Waals surface area (Å²) < 4.78 is 12.7. The molecule has 1 N–H and O–H groups in total. The fourth-order valence-electron chi connectivity index (χ4n) is 2.54. The van der Waals surface area contributed by atoms with Crippen molar-refractivity contribution in [3.05, 3.63) is 48.0 Å². The molecule has 8 nitrogen and oxygen atoms in total. The van der Waals surface area contributed by atoms with Crippen molar-refractivity contribution in [3.63, 3.8) is 0 Å². The fourth-order valence-corrected chi connectivity index (χ4v) is 2.54. The van der Waals surface area contributed by atoms with Gasteiger partial charge in [-0.2, -0.15) is 5.10 Å². The molecule has 0 aliphatic heterocycles. The van der Waals surface area contributed by atoms with Gasteiger partial charge in [0.15, 0.2) is 11.5 Å². The number of rotatable bonds is 7. The van der Waals surface area contributed by atoms with E-state index in [2.05, 4.69) is 20.8 Å². The lowest BCUT2D eigenvalue weighted by Crippen LogP contribution is -2.23. The zero-order valence-corrected chi connectivity index (χ0v) is 15.4.